The molecule has 0 aliphatic carbocycles. The molecule has 1 aromatic carbocycles. The molecule has 34 heavy (non-hydrogen) atoms. The lowest BCUT2D eigenvalue weighted by atomic mass is 9.88. The van der Waals surface area contributed by atoms with Crippen molar-refractivity contribution in [3.05, 3.63) is 29.8 Å². The average Bonchev–Trinajstić information content (AvgIpc) is 2.73. The summed E-state index contributed by atoms with van der Waals surface area (Å²) in [5.74, 6) is -2.85. The van der Waals surface area contributed by atoms with Gasteiger partial charge in [-0.05, 0) is 41.9 Å². The minimum atomic E-state index is -1.13. The third kappa shape index (κ3) is 10.2. The molecule has 5 N–H and O–H groups in total. The summed E-state index contributed by atoms with van der Waals surface area (Å²) >= 11 is 0. The number of rotatable bonds is 12. The number of benzene rings is 1. The van der Waals surface area contributed by atoms with Crippen LogP contribution >= 0.6 is 0 Å². The zero-order valence-electron chi connectivity index (χ0n) is 21.0. The van der Waals surface area contributed by atoms with Crippen LogP contribution in [-0.4, -0.2) is 52.0 Å². The molecule has 190 valence electrons. The predicted molar refractivity (Wildman–Crippen MR) is 129 cm³/mol. The lowest BCUT2D eigenvalue weighted by molar-refractivity contribution is -0.143. The van der Waals surface area contributed by atoms with E-state index in [1.54, 1.807) is 19.1 Å². The second-order valence-electron chi connectivity index (χ2n) is 9.99. The van der Waals surface area contributed by atoms with E-state index in [4.69, 9.17) is 0 Å². The van der Waals surface area contributed by atoms with Crippen LogP contribution in [-0.2, 0) is 25.6 Å². The smallest absolute Gasteiger partial charge is 0.326 e. The third-order valence-corrected chi connectivity index (χ3v) is 5.66. The molecule has 9 nitrogen and oxygen atoms in total. The molecule has 0 fully saturated rings. The van der Waals surface area contributed by atoms with Crippen LogP contribution in [0.4, 0.5) is 0 Å². The van der Waals surface area contributed by atoms with Crippen molar-refractivity contribution in [2.45, 2.75) is 85.4 Å². The summed E-state index contributed by atoms with van der Waals surface area (Å²) in [7, 11) is 0. The van der Waals surface area contributed by atoms with Crippen LogP contribution in [0.25, 0.3) is 0 Å². The highest BCUT2D eigenvalue weighted by Gasteiger charge is 2.32. The maximum atomic E-state index is 13.1. The summed E-state index contributed by atoms with van der Waals surface area (Å²) in [6.45, 7) is 10.9. The minimum absolute atomic E-state index is 0.0808. The summed E-state index contributed by atoms with van der Waals surface area (Å²) in [5, 5.41) is 26.9. The number of amides is 3. The Hall–Kier alpha value is -3.10. The van der Waals surface area contributed by atoms with Gasteiger partial charge in [-0.15, -0.1) is 0 Å². The van der Waals surface area contributed by atoms with Crippen molar-refractivity contribution in [3.63, 3.8) is 0 Å². The van der Waals surface area contributed by atoms with Crippen molar-refractivity contribution in [2.24, 2.45) is 11.3 Å². The number of phenols is 1. The molecule has 0 bridgehead atoms. The number of hydrogen-bond donors (Lipinski definition) is 5. The summed E-state index contributed by atoms with van der Waals surface area (Å²) in [4.78, 5) is 49.6. The molecule has 0 saturated carbocycles. The molecule has 3 amide bonds. The Morgan fingerprint density at radius 2 is 1.53 bits per heavy atom. The normalized spacial score (nSPS) is 14.9. The number of carboxylic acid groups (broad SMARTS) is 1. The van der Waals surface area contributed by atoms with Crippen LogP contribution in [0.5, 0.6) is 5.75 Å². The van der Waals surface area contributed by atoms with Crippen LogP contribution in [0.3, 0.4) is 0 Å². The number of nitrogens with one attached hydrogen (secondary N) is 3. The van der Waals surface area contributed by atoms with E-state index in [1.165, 1.54) is 19.1 Å². The van der Waals surface area contributed by atoms with E-state index >= 15 is 0 Å². The van der Waals surface area contributed by atoms with Gasteiger partial charge >= 0.3 is 5.97 Å². The van der Waals surface area contributed by atoms with Gasteiger partial charge in [0.2, 0.25) is 17.7 Å². The van der Waals surface area contributed by atoms with E-state index in [0.717, 1.165) is 0 Å². The van der Waals surface area contributed by atoms with Crippen molar-refractivity contribution >= 4 is 23.7 Å². The van der Waals surface area contributed by atoms with Crippen LogP contribution in [0.2, 0.25) is 0 Å². The quantitative estimate of drug-likeness (QED) is 0.312. The molecule has 0 aromatic heterocycles. The molecule has 1 rings (SSSR count). The number of hydrogen-bond acceptors (Lipinski definition) is 5. The highest BCUT2D eigenvalue weighted by molar-refractivity contribution is 5.93. The number of carboxylic acids is 1. The molecule has 9 heteroatoms. The Kier molecular flexibility index (Phi) is 11.0. The zero-order chi connectivity index (χ0) is 26.1. The van der Waals surface area contributed by atoms with Gasteiger partial charge in [-0.25, -0.2) is 4.79 Å². The maximum Gasteiger partial charge on any atom is 0.326 e. The Balaban J connectivity index is 3.02. The van der Waals surface area contributed by atoms with E-state index < -0.39 is 41.8 Å². The van der Waals surface area contributed by atoms with E-state index in [1.807, 2.05) is 27.7 Å². The Morgan fingerprint density at radius 1 is 0.941 bits per heavy atom. The molecule has 4 atom stereocenters. The third-order valence-electron chi connectivity index (χ3n) is 5.66. The molecule has 0 aliphatic heterocycles. The fourth-order valence-corrected chi connectivity index (χ4v) is 3.37. The number of aromatic hydroxyl groups is 1. The van der Waals surface area contributed by atoms with Crippen molar-refractivity contribution in [1.29, 1.82) is 0 Å². The van der Waals surface area contributed by atoms with Gasteiger partial charge < -0.3 is 26.2 Å². The van der Waals surface area contributed by atoms with Crippen molar-refractivity contribution in [1.82, 2.24) is 16.0 Å². The lowest BCUT2D eigenvalue weighted by Gasteiger charge is -2.28. The first-order valence-corrected chi connectivity index (χ1v) is 11.6. The average molecular weight is 478 g/mol. The first kappa shape index (κ1) is 28.9. The lowest BCUT2D eigenvalue weighted by Crippen LogP contribution is -2.58. The van der Waals surface area contributed by atoms with Crippen molar-refractivity contribution in [2.75, 3.05) is 0 Å². The standard InChI is InChI=1S/C25H39N3O6/c1-7-15(2)21(23(32)27-19(24(33)34)12-13-25(4,5)6)28-22(31)20(26-16(3)29)14-17-8-10-18(30)11-9-17/h8-11,15,19-21,30H,7,12-14H2,1-6H3,(H,26,29)(H,27,32)(H,28,31)(H,33,34)/t15-,19-,20-,21-/m0/s1. The highest BCUT2D eigenvalue weighted by atomic mass is 16.4. The van der Waals surface area contributed by atoms with Crippen LogP contribution < -0.4 is 16.0 Å². The number of carbonyl (C=O) groups excluding carboxylic acids is 3. The molecule has 0 unspecified atom stereocenters. The van der Waals surface area contributed by atoms with Gasteiger partial charge in [0.1, 0.15) is 23.9 Å². The van der Waals surface area contributed by atoms with Crippen molar-refractivity contribution in [3.8, 4) is 5.75 Å². The molecule has 0 aliphatic rings. The van der Waals surface area contributed by atoms with E-state index in [0.29, 0.717) is 18.4 Å². The van der Waals surface area contributed by atoms with Gasteiger partial charge in [-0.3, -0.25) is 14.4 Å². The maximum absolute atomic E-state index is 13.1. The summed E-state index contributed by atoms with van der Waals surface area (Å²) < 4.78 is 0. The summed E-state index contributed by atoms with van der Waals surface area (Å²) in [5.41, 5.74) is 0.618. The van der Waals surface area contributed by atoms with Crippen LogP contribution in [0.15, 0.2) is 24.3 Å². The monoisotopic (exact) mass is 477 g/mol. The fourth-order valence-electron chi connectivity index (χ4n) is 3.37. The molecule has 0 radical (unpaired) electrons. The summed E-state index contributed by atoms with van der Waals surface area (Å²) in [6, 6.07) is 3.26. The molecule has 0 spiro atoms. The molecule has 0 heterocycles. The first-order chi connectivity index (χ1) is 15.7. The largest absolute Gasteiger partial charge is 0.508 e. The van der Waals surface area contributed by atoms with E-state index in [-0.39, 0.29) is 29.9 Å². The van der Waals surface area contributed by atoms with Crippen molar-refractivity contribution < 1.29 is 29.4 Å². The topological polar surface area (TPSA) is 145 Å². The molecular weight excluding hydrogens is 438 g/mol. The van der Waals surface area contributed by atoms with E-state index in [2.05, 4.69) is 16.0 Å². The van der Waals surface area contributed by atoms with Gasteiger partial charge in [0.15, 0.2) is 0 Å². The minimum Gasteiger partial charge on any atom is -0.508 e. The second-order valence-corrected chi connectivity index (χ2v) is 9.99. The van der Waals surface area contributed by atoms with E-state index in [9.17, 15) is 29.4 Å². The van der Waals surface area contributed by atoms with Gasteiger partial charge in [0.25, 0.3) is 0 Å². The fraction of sp³-hybridized carbons (Fsp3) is 0.600. The Bertz CT molecular complexity index is 847. The zero-order valence-corrected chi connectivity index (χ0v) is 21.0. The number of carbonyl (C=O) groups is 4. The van der Waals surface area contributed by atoms with Crippen LogP contribution in [0, 0.1) is 11.3 Å². The number of aliphatic carboxylic acids is 1. The van der Waals surface area contributed by atoms with Gasteiger partial charge in [-0.1, -0.05) is 53.2 Å². The van der Waals surface area contributed by atoms with Crippen LogP contribution in [0.1, 0.15) is 66.4 Å². The molecule has 0 saturated heterocycles. The molecular formula is C25H39N3O6. The van der Waals surface area contributed by atoms with Gasteiger partial charge in [0.05, 0.1) is 0 Å². The Morgan fingerprint density at radius 3 is 2.00 bits per heavy atom. The Labute approximate surface area is 201 Å². The number of phenolic OH excluding ortho intramolecular Hbond substituents is 1. The van der Waals surface area contributed by atoms with Gasteiger partial charge in [-0.2, -0.15) is 0 Å². The predicted octanol–water partition coefficient (Wildman–Crippen LogP) is 2.37. The summed E-state index contributed by atoms with van der Waals surface area (Å²) in [6.07, 6.45) is 1.59. The first-order valence-electron chi connectivity index (χ1n) is 11.6. The highest BCUT2D eigenvalue weighted by Crippen LogP contribution is 2.22. The second kappa shape index (κ2) is 13.0. The van der Waals surface area contributed by atoms with Gasteiger partial charge in [0, 0.05) is 13.3 Å². The molecule has 1 aromatic rings. The SMILES string of the molecule is CC[C@H](C)[C@H](NC(=O)[C@H](Cc1ccc(O)cc1)NC(C)=O)C(=O)N[C@@H](CCC(C)(C)C)C(=O)O.